The van der Waals surface area contributed by atoms with Gasteiger partial charge in [0.2, 0.25) is 0 Å². The van der Waals surface area contributed by atoms with E-state index in [4.69, 9.17) is 5.73 Å². The van der Waals surface area contributed by atoms with Crippen LogP contribution in [0.15, 0.2) is 35.7 Å². The third kappa shape index (κ3) is 2.49. The van der Waals surface area contributed by atoms with Crippen LogP contribution in [-0.4, -0.2) is 0 Å². The third-order valence-corrected chi connectivity index (χ3v) is 3.66. The van der Waals surface area contributed by atoms with Crippen molar-refractivity contribution in [2.24, 2.45) is 5.73 Å². The van der Waals surface area contributed by atoms with Crippen molar-refractivity contribution in [3.63, 3.8) is 0 Å². The SMILES string of the molecule is Cc1ccc(F)cc1CC(N)c1cccs1. The summed E-state index contributed by atoms with van der Waals surface area (Å²) in [5.74, 6) is -0.195. The van der Waals surface area contributed by atoms with E-state index in [2.05, 4.69) is 0 Å². The van der Waals surface area contributed by atoms with Gasteiger partial charge in [-0.3, -0.25) is 0 Å². The Kier molecular flexibility index (Phi) is 3.36. The van der Waals surface area contributed by atoms with Gasteiger partial charge in [0.1, 0.15) is 5.82 Å². The zero-order valence-electron chi connectivity index (χ0n) is 9.11. The molecule has 0 aliphatic rings. The first-order chi connectivity index (χ1) is 7.66. The molecule has 1 aromatic carbocycles. The molecule has 16 heavy (non-hydrogen) atoms. The van der Waals surface area contributed by atoms with Gasteiger partial charge in [-0.1, -0.05) is 12.1 Å². The summed E-state index contributed by atoms with van der Waals surface area (Å²) < 4.78 is 13.1. The second kappa shape index (κ2) is 4.76. The number of benzene rings is 1. The van der Waals surface area contributed by atoms with Gasteiger partial charge < -0.3 is 5.73 Å². The Balaban J connectivity index is 2.17. The first-order valence-corrected chi connectivity index (χ1v) is 6.09. The molecule has 0 fully saturated rings. The highest BCUT2D eigenvalue weighted by atomic mass is 32.1. The summed E-state index contributed by atoms with van der Waals surface area (Å²) in [5.41, 5.74) is 8.16. The van der Waals surface area contributed by atoms with Gasteiger partial charge >= 0.3 is 0 Å². The minimum absolute atomic E-state index is 0.0412. The molecule has 0 spiro atoms. The number of hydrogen-bond donors (Lipinski definition) is 1. The number of thiophene rings is 1. The van der Waals surface area contributed by atoms with Crippen LogP contribution < -0.4 is 5.73 Å². The van der Waals surface area contributed by atoms with Crippen LogP contribution in [0, 0.1) is 12.7 Å². The lowest BCUT2D eigenvalue weighted by Crippen LogP contribution is -2.12. The Labute approximate surface area is 98.7 Å². The summed E-state index contributed by atoms with van der Waals surface area (Å²) in [7, 11) is 0. The summed E-state index contributed by atoms with van der Waals surface area (Å²) in [6, 6.07) is 8.81. The fraction of sp³-hybridized carbons (Fsp3) is 0.231. The van der Waals surface area contributed by atoms with E-state index < -0.39 is 0 Å². The van der Waals surface area contributed by atoms with Gasteiger partial charge in [0, 0.05) is 10.9 Å². The zero-order chi connectivity index (χ0) is 11.5. The van der Waals surface area contributed by atoms with E-state index in [0.717, 1.165) is 16.0 Å². The Morgan fingerprint density at radius 1 is 1.38 bits per heavy atom. The molecule has 0 saturated heterocycles. The van der Waals surface area contributed by atoms with Crippen molar-refractivity contribution in [1.29, 1.82) is 0 Å². The lowest BCUT2D eigenvalue weighted by atomic mass is 10.0. The number of nitrogens with two attached hydrogens (primary N) is 1. The van der Waals surface area contributed by atoms with Crippen molar-refractivity contribution in [2.45, 2.75) is 19.4 Å². The highest BCUT2D eigenvalue weighted by molar-refractivity contribution is 7.10. The summed E-state index contributed by atoms with van der Waals surface area (Å²) in [6.07, 6.45) is 0.685. The second-order valence-electron chi connectivity index (χ2n) is 3.90. The highest BCUT2D eigenvalue weighted by Crippen LogP contribution is 2.22. The van der Waals surface area contributed by atoms with Crippen LogP contribution in [0.1, 0.15) is 22.0 Å². The van der Waals surface area contributed by atoms with Crippen LogP contribution in [0.3, 0.4) is 0 Å². The van der Waals surface area contributed by atoms with Crippen molar-refractivity contribution >= 4 is 11.3 Å². The maximum Gasteiger partial charge on any atom is 0.123 e. The number of rotatable bonds is 3. The molecule has 3 heteroatoms. The lowest BCUT2D eigenvalue weighted by Gasteiger charge is -2.11. The molecule has 0 aliphatic carbocycles. The van der Waals surface area contributed by atoms with E-state index in [0.29, 0.717) is 6.42 Å². The maximum absolute atomic E-state index is 13.1. The molecule has 1 unspecified atom stereocenters. The van der Waals surface area contributed by atoms with Crippen LogP contribution in [0.5, 0.6) is 0 Å². The molecule has 0 aliphatic heterocycles. The van der Waals surface area contributed by atoms with Gasteiger partial charge in [0.15, 0.2) is 0 Å². The van der Waals surface area contributed by atoms with Crippen molar-refractivity contribution in [2.75, 3.05) is 0 Å². The number of halogens is 1. The van der Waals surface area contributed by atoms with Crippen molar-refractivity contribution in [3.05, 3.63) is 57.5 Å². The van der Waals surface area contributed by atoms with Crippen LogP contribution in [0.25, 0.3) is 0 Å². The van der Waals surface area contributed by atoms with Gasteiger partial charge in [0.25, 0.3) is 0 Å². The zero-order valence-corrected chi connectivity index (χ0v) is 9.93. The van der Waals surface area contributed by atoms with Gasteiger partial charge in [-0.2, -0.15) is 0 Å². The van der Waals surface area contributed by atoms with E-state index in [-0.39, 0.29) is 11.9 Å². The van der Waals surface area contributed by atoms with Crippen LogP contribution in [-0.2, 0) is 6.42 Å². The largest absolute Gasteiger partial charge is 0.323 e. The molecule has 0 radical (unpaired) electrons. The first kappa shape index (κ1) is 11.3. The Morgan fingerprint density at radius 2 is 2.19 bits per heavy atom. The topological polar surface area (TPSA) is 26.0 Å². The average Bonchev–Trinajstić information content (AvgIpc) is 2.76. The second-order valence-corrected chi connectivity index (χ2v) is 4.88. The van der Waals surface area contributed by atoms with Gasteiger partial charge in [-0.25, -0.2) is 4.39 Å². The number of aryl methyl sites for hydroxylation is 1. The predicted octanol–water partition coefficient (Wildman–Crippen LogP) is 3.44. The van der Waals surface area contributed by atoms with Gasteiger partial charge in [0.05, 0.1) is 0 Å². The fourth-order valence-electron chi connectivity index (χ4n) is 1.70. The molecule has 2 aromatic rings. The highest BCUT2D eigenvalue weighted by Gasteiger charge is 2.10. The van der Waals surface area contributed by atoms with E-state index in [1.807, 2.05) is 24.4 Å². The van der Waals surface area contributed by atoms with Crippen LogP contribution in [0.4, 0.5) is 4.39 Å². The molecule has 1 aromatic heterocycles. The van der Waals surface area contributed by atoms with Gasteiger partial charge in [-0.05, 0) is 48.1 Å². The minimum atomic E-state index is -0.195. The molecule has 0 saturated carbocycles. The molecular formula is C13H14FNS. The van der Waals surface area contributed by atoms with Crippen molar-refractivity contribution in [1.82, 2.24) is 0 Å². The standard InChI is InChI=1S/C13H14FNS/c1-9-4-5-11(14)7-10(9)8-12(15)13-3-2-6-16-13/h2-7,12H,8,15H2,1H3. The molecule has 84 valence electrons. The monoisotopic (exact) mass is 235 g/mol. The summed E-state index contributed by atoms with van der Waals surface area (Å²) >= 11 is 1.64. The Hall–Kier alpha value is -1.19. The molecule has 1 atom stereocenters. The van der Waals surface area contributed by atoms with Crippen molar-refractivity contribution < 1.29 is 4.39 Å². The minimum Gasteiger partial charge on any atom is -0.323 e. The quantitative estimate of drug-likeness (QED) is 0.866. The molecular weight excluding hydrogens is 221 g/mol. The summed E-state index contributed by atoms with van der Waals surface area (Å²) in [6.45, 7) is 1.98. The molecule has 1 heterocycles. The molecule has 0 bridgehead atoms. The third-order valence-electron chi connectivity index (χ3n) is 2.66. The Morgan fingerprint density at radius 3 is 2.88 bits per heavy atom. The molecule has 2 N–H and O–H groups in total. The maximum atomic E-state index is 13.1. The number of hydrogen-bond acceptors (Lipinski definition) is 2. The van der Waals surface area contributed by atoms with E-state index in [1.54, 1.807) is 23.5 Å². The fourth-order valence-corrected chi connectivity index (χ4v) is 2.43. The van der Waals surface area contributed by atoms with Gasteiger partial charge in [-0.15, -0.1) is 11.3 Å². The van der Waals surface area contributed by atoms with E-state index in [1.165, 1.54) is 6.07 Å². The molecule has 2 rings (SSSR count). The van der Waals surface area contributed by atoms with E-state index >= 15 is 0 Å². The molecule has 0 amide bonds. The Bertz CT molecular complexity index is 465. The van der Waals surface area contributed by atoms with Crippen molar-refractivity contribution in [3.8, 4) is 0 Å². The van der Waals surface area contributed by atoms with E-state index in [9.17, 15) is 4.39 Å². The van der Waals surface area contributed by atoms with Crippen LogP contribution in [0.2, 0.25) is 0 Å². The first-order valence-electron chi connectivity index (χ1n) is 5.21. The molecule has 1 nitrogen and oxygen atoms in total. The van der Waals surface area contributed by atoms with Crippen LogP contribution >= 0.6 is 11.3 Å². The summed E-state index contributed by atoms with van der Waals surface area (Å²) in [5, 5.41) is 2.01. The lowest BCUT2D eigenvalue weighted by molar-refractivity contribution is 0.621. The normalized spacial score (nSPS) is 12.7. The average molecular weight is 235 g/mol. The smallest absolute Gasteiger partial charge is 0.123 e. The predicted molar refractivity (Wildman–Crippen MR) is 66.1 cm³/mol. The summed E-state index contributed by atoms with van der Waals surface area (Å²) in [4.78, 5) is 1.14.